The maximum atomic E-state index is 4.60. The normalized spacial score (nSPS) is 14.8. The molecule has 114 valence electrons. The van der Waals surface area contributed by atoms with Gasteiger partial charge in [0.2, 0.25) is 0 Å². The van der Waals surface area contributed by atoms with Gasteiger partial charge in [-0.3, -0.25) is 4.99 Å². The number of aryl methyl sites for hydroxylation is 1. The predicted molar refractivity (Wildman–Crippen MR) is 97.3 cm³/mol. The van der Waals surface area contributed by atoms with Crippen LogP contribution in [0.4, 0.5) is 0 Å². The second-order valence-electron chi connectivity index (χ2n) is 4.93. The molecule has 2 rings (SSSR count). The molecule has 0 spiro atoms. The van der Waals surface area contributed by atoms with Gasteiger partial charge in [-0.05, 0) is 32.1 Å². The molecule has 1 saturated carbocycles. The fourth-order valence-electron chi connectivity index (χ4n) is 1.80. The second-order valence-corrected chi connectivity index (χ2v) is 5.87. The van der Waals surface area contributed by atoms with Gasteiger partial charge in [-0.1, -0.05) is 6.92 Å². The average Bonchev–Trinajstić information content (AvgIpc) is 3.14. The molecule has 0 aliphatic heterocycles. The zero-order valence-electron chi connectivity index (χ0n) is 12.3. The minimum absolute atomic E-state index is 0. The van der Waals surface area contributed by atoms with Crippen LogP contribution in [-0.4, -0.2) is 30.6 Å². The molecule has 0 bridgehead atoms. The summed E-state index contributed by atoms with van der Waals surface area (Å²) in [7, 11) is 0. The molecule has 1 aliphatic carbocycles. The van der Waals surface area contributed by atoms with Crippen molar-refractivity contribution in [2.24, 2.45) is 10.9 Å². The van der Waals surface area contributed by atoms with Crippen LogP contribution in [0, 0.1) is 5.92 Å². The first-order valence-electron chi connectivity index (χ1n) is 7.27. The Balaban J connectivity index is 0.00000200. The third kappa shape index (κ3) is 6.39. The molecule has 0 amide bonds. The summed E-state index contributed by atoms with van der Waals surface area (Å²) in [6.07, 6.45) is 4.69. The van der Waals surface area contributed by atoms with Gasteiger partial charge in [0.15, 0.2) is 5.96 Å². The van der Waals surface area contributed by atoms with Gasteiger partial charge in [0.25, 0.3) is 0 Å². The van der Waals surface area contributed by atoms with Crippen molar-refractivity contribution in [3.8, 4) is 0 Å². The van der Waals surface area contributed by atoms with Crippen LogP contribution < -0.4 is 10.6 Å². The molecule has 0 atom stereocenters. The Kier molecular flexibility index (Phi) is 8.44. The van der Waals surface area contributed by atoms with Gasteiger partial charge in [0.1, 0.15) is 0 Å². The Labute approximate surface area is 142 Å². The predicted octanol–water partition coefficient (Wildman–Crippen LogP) is 2.83. The minimum Gasteiger partial charge on any atom is -0.357 e. The van der Waals surface area contributed by atoms with Crippen LogP contribution in [-0.2, 0) is 12.8 Å². The number of aliphatic imine (C=N–C) groups is 1. The molecule has 0 saturated heterocycles. The van der Waals surface area contributed by atoms with Crippen molar-refractivity contribution >= 4 is 41.3 Å². The molecule has 1 heterocycles. The lowest BCUT2D eigenvalue weighted by Crippen LogP contribution is -2.38. The highest BCUT2D eigenvalue weighted by Gasteiger charge is 2.20. The second kappa shape index (κ2) is 9.55. The molecule has 1 aromatic rings. The van der Waals surface area contributed by atoms with Crippen LogP contribution in [0.15, 0.2) is 10.4 Å². The van der Waals surface area contributed by atoms with E-state index in [1.54, 1.807) is 11.3 Å². The third-order valence-electron chi connectivity index (χ3n) is 3.12. The fourth-order valence-corrected chi connectivity index (χ4v) is 2.58. The first-order chi connectivity index (χ1) is 9.31. The summed E-state index contributed by atoms with van der Waals surface area (Å²) < 4.78 is 0. The van der Waals surface area contributed by atoms with Gasteiger partial charge in [-0.2, -0.15) is 0 Å². The molecular weight excluding hydrogens is 383 g/mol. The van der Waals surface area contributed by atoms with E-state index in [1.165, 1.54) is 23.5 Å². The number of guanidine groups is 1. The van der Waals surface area contributed by atoms with Crippen LogP contribution in [0.1, 0.15) is 37.4 Å². The summed E-state index contributed by atoms with van der Waals surface area (Å²) >= 11 is 1.76. The van der Waals surface area contributed by atoms with E-state index in [2.05, 4.69) is 39.8 Å². The number of nitrogens with one attached hydrogen (secondary N) is 2. The zero-order chi connectivity index (χ0) is 13.5. The SMILES string of the molecule is CCNC(=NCC1CC1)NCCc1csc(CC)n1.I. The number of aromatic nitrogens is 1. The maximum absolute atomic E-state index is 4.60. The van der Waals surface area contributed by atoms with Gasteiger partial charge < -0.3 is 10.6 Å². The Hall–Kier alpha value is -0.370. The minimum atomic E-state index is 0. The largest absolute Gasteiger partial charge is 0.357 e. The van der Waals surface area contributed by atoms with E-state index < -0.39 is 0 Å². The summed E-state index contributed by atoms with van der Waals surface area (Å²) in [6.45, 7) is 7.01. The van der Waals surface area contributed by atoms with Crippen molar-refractivity contribution in [3.63, 3.8) is 0 Å². The van der Waals surface area contributed by atoms with Crippen molar-refractivity contribution in [2.45, 2.75) is 39.5 Å². The Morgan fingerprint density at radius 1 is 1.40 bits per heavy atom. The molecule has 4 nitrogen and oxygen atoms in total. The number of hydrogen-bond acceptors (Lipinski definition) is 3. The first kappa shape index (κ1) is 17.7. The maximum Gasteiger partial charge on any atom is 0.191 e. The first-order valence-corrected chi connectivity index (χ1v) is 8.15. The van der Waals surface area contributed by atoms with Gasteiger partial charge in [0, 0.05) is 31.4 Å². The molecule has 1 fully saturated rings. The number of nitrogens with zero attached hydrogens (tertiary/aromatic N) is 2. The van der Waals surface area contributed by atoms with Crippen molar-refractivity contribution in [1.29, 1.82) is 0 Å². The van der Waals surface area contributed by atoms with E-state index in [0.29, 0.717) is 0 Å². The highest BCUT2D eigenvalue weighted by atomic mass is 127. The number of hydrogen-bond donors (Lipinski definition) is 2. The summed E-state index contributed by atoms with van der Waals surface area (Å²) in [5, 5.41) is 10.1. The van der Waals surface area contributed by atoms with E-state index in [4.69, 9.17) is 0 Å². The molecule has 0 unspecified atom stereocenters. The van der Waals surface area contributed by atoms with Crippen molar-refractivity contribution in [1.82, 2.24) is 15.6 Å². The Morgan fingerprint density at radius 3 is 2.80 bits per heavy atom. The van der Waals surface area contributed by atoms with Crippen LogP contribution >= 0.6 is 35.3 Å². The van der Waals surface area contributed by atoms with Crippen LogP contribution in [0.2, 0.25) is 0 Å². The van der Waals surface area contributed by atoms with Crippen LogP contribution in [0.25, 0.3) is 0 Å². The number of rotatable bonds is 7. The molecule has 0 radical (unpaired) electrons. The lowest BCUT2D eigenvalue weighted by molar-refractivity contribution is 0.770. The summed E-state index contributed by atoms with van der Waals surface area (Å²) in [4.78, 5) is 9.18. The molecule has 1 aromatic heterocycles. The monoisotopic (exact) mass is 408 g/mol. The van der Waals surface area contributed by atoms with Gasteiger partial charge in [0.05, 0.1) is 10.7 Å². The van der Waals surface area contributed by atoms with Crippen molar-refractivity contribution in [3.05, 3.63) is 16.1 Å². The zero-order valence-corrected chi connectivity index (χ0v) is 15.5. The Morgan fingerprint density at radius 2 is 2.20 bits per heavy atom. The fraction of sp³-hybridized carbons (Fsp3) is 0.714. The van der Waals surface area contributed by atoms with Gasteiger partial charge in [-0.25, -0.2) is 4.98 Å². The average molecular weight is 408 g/mol. The summed E-state index contributed by atoms with van der Waals surface area (Å²) in [5.74, 6) is 1.78. The van der Waals surface area contributed by atoms with E-state index in [-0.39, 0.29) is 24.0 Å². The third-order valence-corrected chi connectivity index (χ3v) is 4.17. The van der Waals surface area contributed by atoms with E-state index >= 15 is 0 Å². The molecule has 1 aliphatic rings. The number of halogens is 1. The standard InChI is InChI=1S/C14H24N4S.HI/c1-3-13-18-12(10-19-13)7-8-16-14(15-4-2)17-9-11-5-6-11;/h10-11H,3-9H2,1-2H3,(H2,15,16,17);1H. The van der Waals surface area contributed by atoms with Crippen molar-refractivity contribution in [2.75, 3.05) is 19.6 Å². The highest BCUT2D eigenvalue weighted by molar-refractivity contribution is 14.0. The lowest BCUT2D eigenvalue weighted by atomic mass is 10.3. The molecular formula is C14H25IN4S. The van der Waals surface area contributed by atoms with Crippen LogP contribution in [0.5, 0.6) is 0 Å². The van der Waals surface area contributed by atoms with Crippen molar-refractivity contribution < 1.29 is 0 Å². The van der Waals surface area contributed by atoms with E-state index in [1.807, 2.05) is 0 Å². The summed E-state index contributed by atoms with van der Waals surface area (Å²) in [5.41, 5.74) is 1.19. The Bertz CT molecular complexity index is 415. The number of thiazole rings is 1. The molecule has 6 heteroatoms. The quantitative estimate of drug-likeness (QED) is 0.415. The highest BCUT2D eigenvalue weighted by Crippen LogP contribution is 2.28. The smallest absolute Gasteiger partial charge is 0.191 e. The van der Waals surface area contributed by atoms with E-state index in [0.717, 1.165) is 44.4 Å². The van der Waals surface area contributed by atoms with E-state index in [9.17, 15) is 0 Å². The lowest BCUT2D eigenvalue weighted by Gasteiger charge is -2.10. The molecule has 20 heavy (non-hydrogen) atoms. The van der Waals surface area contributed by atoms with Gasteiger partial charge in [-0.15, -0.1) is 35.3 Å². The van der Waals surface area contributed by atoms with Gasteiger partial charge >= 0.3 is 0 Å². The molecule has 2 N–H and O–H groups in total. The summed E-state index contributed by atoms with van der Waals surface area (Å²) in [6, 6.07) is 0. The molecule has 0 aromatic carbocycles. The topological polar surface area (TPSA) is 49.3 Å². The van der Waals surface area contributed by atoms with Crippen LogP contribution in [0.3, 0.4) is 0 Å².